The van der Waals surface area contributed by atoms with Gasteiger partial charge in [0.15, 0.2) is 0 Å². The Morgan fingerprint density at radius 2 is 2.33 bits per heavy atom. The summed E-state index contributed by atoms with van der Waals surface area (Å²) < 4.78 is 4.49. The molecule has 0 aromatic heterocycles. The molecule has 1 N–H and O–H groups in total. The van der Waals surface area contributed by atoms with E-state index in [0.717, 1.165) is 0 Å². The third-order valence-corrected chi connectivity index (χ3v) is 1.48. The normalized spacial score (nSPS) is 32.3. The summed E-state index contributed by atoms with van der Waals surface area (Å²) >= 11 is 0. The fourth-order valence-electron chi connectivity index (χ4n) is 0.845. The summed E-state index contributed by atoms with van der Waals surface area (Å²) in [5.74, 6) is -0.310. The first-order valence-corrected chi connectivity index (χ1v) is 2.91. The van der Waals surface area contributed by atoms with Crippen LogP contribution in [0.4, 0.5) is 0 Å². The monoisotopic (exact) mass is 130 g/mol. The predicted molar refractivity (Wildman–Crippen MR) is 30.5 cm³/mol. The quantitative estimate of drug-likeness (QED) is 0.479. The lowest BCUT2D eigenvalue weighted by atomic mass is 9.92. The molecule has 1 fully saturated rings. The van der Waals surface area contributed by atoms with Crippen LogP contribution < -0.4 is 0 Å². The molecule has 1 aliphatic heterocycles. The van der Waals surface area contributed by atoms with Crippen molar-refractivity contribution in [2.45, 2.75) is 26.6 Å². The number of aliphatic hydroxyl groups excluding tert-OH is 1. The van der Waals surface area contributed by atoms with Crippen LogP contribution in [0.2, 0.25) is 0 Å². The van der Waals surface area contributed by atoms with E-state index in [1.54, 1.807) is 13.8 Å². The van der Waals surface area contributed by atoms with Crippen LogP contribution in [0, 0.1) is 5.41 Å². The number of aliphatic hydroxyl groups is 1. The van der Waals surface area contributed by atoms with Gasteiger partial charge in [0.1, 0.15) is 0 Å². The first-order valence-electron chi connectivity index (χ1n) is 2.91. The van der Waals surface area contributed by atoms with Crippen molar-refractivity contribution >= 4 is 5.97 Å². The van der Waals surface area contributed by atoms with Gasteiger partial charge in [0.05, 0.1) is 5.41 Å². The van der Waals surface area contributed by atoms with Gasteiger partial charge in [0, 0.05) is 6.42 Å². The van der Waals surface area contributed by atoms with E-state index in [9.17, 15) is 4.79 Å². The fraction of sp³-hybridized carbons (Fsp3) is 0.833. The van der Waals surface area contributed by atoms with Crippen molar-refractivity contribution in [3.63, 3.8) is 0 Å². The molecule has 1 saturated heterocycles. The Morgan fingerprint density at radius 1 is 1.78 bits per heavy atom. The zero-order chi connectivity index (χ0) is 7.07. The zero-order valence-electron chi connectivity index (χ0n) is 5.55. The van der Waals surface area contributed by atoms with Crippen LogP contribution in [-0.4, -0.2) is 17.4 Å². The highest BCUT2D eigenvalue weighted by atomic mass is 16.6. The maximum absolute atomic E-state index is 10.7. The predicted octanol–water partition coefficient (Wildman–Crippen LogP) is 0.278. The van der Waals surface area contributed by atoms with Gasteiger partial charge < -0.3 is 9.84 Å². The van der Waals surface area contributed by atoms with Gasteiger partial charge in [0.2, 0.25) is 6.29 Å². The Morgan fingerprint density at radius 3 is 2.44 bits per heavy atom. The van der Waals surface area contributed by atoms with E-state index < -0.39 is 11.7 Å². The number of rotatable bonds is 0. The van der Waals surface area contributed by atoms with Gasteiger partial charge in [-0.05, 0) is 13.8 Å². The molecule has 0 aromatic carbocycles. The number of ether oxygens (including phenoxy) is 1. The molecular formula is C6H10O3. The van der Waals surface area contributed by atoms with Crippen molar-refractivity contribution in [2.75, 3.05) is 0 Å². The van der Waals surface area contributed by atoms with Crippen molar-refractivity contribution in [3.8, 4) is 0 Å². The van der Waals surface area contributed by atoms with Crippen molar-refractivity contribution in [1.29, 1.82) is 0 Å². The number of carbonyl (C=O) groups excluding carboxylic acids is 1. The van der Waals surface area contributed by atoms with E-state index in [-0.39, 0.29) is 5.97 Å². The standard InChI is InChI=1S/C6H10O3/c1-6(2)3-4(7)9-5(6)8/h4,7H,3H2,1-2H3/t4-/m1/s1. The van der Waals surface area contributed by atoms with Gasteiger partial charge in [-0.25, -0.2) is 0 Å². The van der Waals surface area contributed by atoms with E-state index in [4.69, 9.17) is 5.11 Å². The highest BCUT2D eigenvalue weighted by Crippen LogP contribution is 2.31. The second-order valence-electron chi connectivity index (χ2n) is 2.95. The highest BCUT2D eigenvalue weighted by molar-refractivity contribution is 5.77. The van der Waals surface area contributed by atoms with E-state index in [0.29, 0.717) is 6.42 Å². The average Bonchev–Trinajstić information content (AvgIpc) is 1.79. The van der Waals surface area contributed by atoms with Gasteiger partial charge >= 0.3 is 5.97 Å². The van der Waals surface area contributed by atoms with Crippen LogP contribution in [0.25, 0.3) is 0 Å². The third-order valence-electron chi connectivity index (χ3n) is 1.48. The van der Waals surface area contributed by atoms with E-state index in [1.807, 2.05) is 0 Å². The Hall–Kier alpha value is -0.570. The Kier molecular flexibility index (Phi) is 1.24. The highest BCUT2D eigenvalue weighted by Gasteiger charge is 2.40. The molecule has 0 aromatic rings. The van der Waals surface area contributed by atoms with Crippen molar-refractivity contribution < 1.29 is 14.6 Å². The maximum atomic E-state index is 10.7. The molecule has 3 nitrogen and oxygen atoms in total. The summed E-state index contributed by atoms with van der Waals surface area (Å²) in [6.07, 6.45) is -0.473. The summed E-state index contributed by atoms with van der Waals surface area (Å²) in [6.45, 7) is 3.51. The number of hydrogen-bond donors (Lipinski definition) is 1. The zero-order valence-corrected chi connectivity index (χ0v) is 5.55. The van der Waals surface area contributed by atoms with Gasteiger partial charge in [0.25, 0.3) is 0 Å². The second kappa shape index (κ2) is 1.70. The first-order chi connectivity index (χ1) is 4.02. The van der Waals surface area contributed by atoms with Crippen molar-refractivity contribution in [2.24, 2.45) is 5.41 Å². The van der Waals surface area contributed by atoms with E-state index >= 15 is 0 Å². The van der Waals surface area contributed by atoms with Crippen LogP contribution in [0.1, 0.15) is 20.3 Å². The number of esters is 1. The Bertz CT molecular complexity index is 139. The molecule has 0 bridgehead atoms. The SMILES string of the molecule is CC1(C)C[C@H](O)OC1=O. The molecule has 1 atom stereocenters. The molecule has 0 unspecified atom stereocenters. The minimum absolute atomic E-state index is 0.310. The molecule has 0 amide bonds. The minimum atomic E-state index is -0.882. The summed E-state index contributed by atoms with van der Waals surface area (Å²) in [5.41, 5.74) is -0.487. The summed E-state index contributed by atoms with van der Waals surface area (Å²) in [4.78, 5) is 10.7. The van der Waals surface area contributed by atoms with Gasteiger partial charge in [-0.15, -0.1) is 0 Å². The molecule has 3 heteroatoms. The Labute approximate surface area is 53.6 Å². The largest absolute Gasteiger partial charge is 0.436 e. The lowest BCUT2D eigenvalue weighted by molar-refractivity contribution is -0.157. The number of hydrogen-bond acceptors (Lipinski definition) is 3. The van der Waals surface area contributed by atoms with Crippen molar-refractivity contribution in [1.82, 2.24) is 0 Å². The summed E-state index contributed by atoms with van der Waals surface area (Å²) in [6, 6.07) is 0. The molecule has 0 radical (unpaired) electrons. The molecular weight excluding hydrogens is 120 g/mol. The lowest BCUT2D eigenvalue weighted by Crippen LogP contribution is -2.16. The first kappa shape index (κ1) is 6.55. The molecule has 0 aliphatic carbocycles. The van der Waals surface area contributed by atoms with Gasteiger partial charge in [-0.1, -0.05) is 0 Å². The summed E-state index contributed by atoms with van der Waals surface area (Å²) in [7, 11) is 0. The third kappa shape index (κ3) is 1.05. The van der Waals surface area contributed by atoms with Crippen LogP contribution in [0.15, 0.2) is 0 Å². The number of cyclic esters (lactones) is 1. The van der Waals surface area contributed by atoms with Crippen LogP contribution in [0.5, 0.6) is 0 Å². The molecule has 0 saturated carbocycles. The number of carbonyl (C=O) groups is 1. The fourth-order valence-corrected chi connectivity index (χ4v) is 0.845. The molecule has 9 heavy (non-hydrogen) atoms. The smallest absolute Gasteiger partial charge is 0.314 e. The molecule has 1 heterocycles. The summed E-state index contributed by atoms with van der Waals surface area (Å²) in [5, 5.41) is 8.79. The second-order valence-corrected chi connectivity index (χ2v) is 2.95. The van der Waals surface area contributed by atoms with Gasteiger partial charge in [-0.2, -0.15) is 0 Å². The van der Waals surface area contributed by atoms with Gasteiger partial charge in [-0.3, -0.25) is 4.79 Å². The lowest BCUT2D eigenvalue weighted by Gasteiger charge is -2.07. The molecule has 52 valence electrons. The van der Waals surface area contributed by atoms with Crippen molar-refractivity contribution in [3.05, 3.63) is 0 Å². The Balaban J connectivity index is 2.70. The topological polar surface area (TPSA) is 46.5 Å². The van der Waals surface area contributed by atoms with E-state index in [1.165, 1.54) is 0 Å². The maximum Gasteiger partial charge on any atom is 0.314 e. The minimum Gasteiger partial charge on any atom is -0.436 e. The molecule has 0 spiro atoms. The van der Waals surface area contributed by atoms with Crippen LogP contribution in [-0.2, 0) is 9.53 Å². The molecule has 1 rings (SSSR count). The van der Waals surface area contributed by atoms with E-state index in [2.05, 4.69) is 4.74 Å². The molecule has 1 aliphatic rings. The average molecular weight is 130 g/mol. The van der Waals surface area contributed by atoms with Crippen LogP contribution >= 0.6 is 0 Å². The van der Waals surface area contributed by atoms with Crippen LogP contribution in [0.3, 0.4) is 0 Å².